The first-order valence-electron chi connectivity index (χ1n) is 6.38. The molecule has 0 aliphatic carbocycles. The third-order valence-corrected chi connectivity index (χ3v) is 6.60. The van der Waals surface area contributed by atoms with Gasteiger partial charge < -0.3 is 5.11 Å². The Morgan fingerprint density at radius 1 is 1.58 bits per heavy atom. The third-order valence-electron chi connectivity index (χ3n) is 3.54. The molecule has 7 heteroatoms. The fourth-order valence-electron chi connectivity index (χ4n) is 2.39. The van der Waals surface area contributed by atoms with Gasteiger partial charge in [0.05, 0.1) is 0 Å². The highest BCUT2D eigenvalue weighted by Gasteiger charge is 2.35. The van der Waals surface area contributed by atoms with Gasteiger partial charge in [0.1, 0.15) is 0 Å². The van der Waals surface area contributed by atoms with Crippen molar-refractivity contribution >= 4 is 21.5 Å². The van der Waals surface area contributed by atoms with Crippen LogP contribution in [0.2, 0.25) is 0 Å². The molecule has 1 aliphatic heterocycles. The van der Waals surface area contributed by atoms with E-state index < -0.39 is 10.2 Å². The summed E-state index contributed by atoms with van der Waals surface area (Å²) in [4.78, 5) is 1.29. The summed E-state index contributed by atoms with van der Waals surface area (Å²) in [5, 5.41) is 10.8. The van der Waals surface area contributed by atoms with Crippen LogP contribution in [0.3, 0.4) is 0 Å². The maximum Gasteiger partial charge on any atom is 0.282 e. The summed E-state index contributed by atoms with van der Waals surface area (Å²) in [6.45, 7) is 2.81. The van der Waals surface area contributed by atoms with Crippen LogP contribution in [0.4, 0.5) is 0 Å². The Bertz CT molecular complexity index is 527. The van der Waals surface area contributed by atoms with Crippen molar-refractivity contribution in [3.8, 4) is 0 Å². The summed E-state index contributed by atoms with van der Waals surface area (Å²) in [5.41, 5.74) is 1.12. The monoisotopic (exact) mass is 304 g/mol. The van der Waals surface area contributed by atoms with Gasteiger partial charge in [0, 0.05) is 37.7 Å². The van der Waals surface area contributed by atoms with E-state index in [1.807, 2.05) is 18.4 Å². The molecule has 19 heavy (non-hydrogen) atoms. The number of hydrogen-bond acceptors (Lipinski definition) is 4. The minimum absolute atomic E-state index is 0.00406. The van der Waals surface area contributed by atoms with E-state index in [2.05, 4.69) is 0 Å². The van der Waals surface area contributed by atoms with Crippen LogP contribution in [0.1, 0.15) is 29.8 Å². The molecule has 1 aliphatic rings. The number of aliphatic hydroxyl groups is 1. The second-order valence-electron chi connectivity index (χ2n) is 4.74. The van der Waals surface area contributed by atoms with Crippen LogP contribution in [-0.4, -0.2) is 48.9 Å². The van der Waals surface area contributed by atoms with Gasteiger partial charge in [0.2, 0.25) is 0 Å². The van der Waals surface area contributed by atoms with Crippen LogP contribution < -0.4 is 0 Å². The molecule has 0 bridgehead atoms. The lowest BCUT2D eigenvalue weighted by atomic mass is 10.0. The standard InChI is InChI=1S/C12H20N2O3S2/c1-10-11-5-9-18-12(11)4-7-14(10)19(16,17)13(2)6-3-8-15/h5,9-10,15H,3-4,6-8H2,1-2H3. The van der Waals surface area contributed by atoms with Gasteiger partial charge in [0.25, 0.3) is 10.2 Å². The van der Waals surface area contributed by atoms with Crippen LogP contribution in [0, 0.1) is 0 Å². The molecule has 0 radical (unpaired) electrons. The molecular formula is C12H20N2O3S2. The number of thiophene rings is 1. The Morgan fingerprint density at radius 2 is 2.32 bits per heavy atom. The molecule has 0 saturated carbocycles. The van der Waals surface area contributed by atoms with Crippen molar-refractivity contribution in [3.05, 3.63) is 21.9 Å². The van der Waals surface area contributed by atoms with E-state index in [9.17, 15) is 8.42 Å². The van der Waals surface area contributed by atoms with Crippen molar-refractivity contribution in [2.24, 2.45) is 0 Å². The normalized spacial score (nSPS) is 20.7. The molecule has 1 aromatic rings. The summed E-state index contributed by atoms with van der Waals surface area (Å²) < 4.78 is 27.9. The molecule has 2 rings (SSSR count). The van der Waals surface area contributed by atoms with Crippen LogP contribution in [0.5, 0.6) is 0 Å². The predicted octanol–water partition coefficient (Wildman–Crippen LogP) is 1.23. The topological polar surface area (TPSA) is 60.9 Å². The van der Waals surface area contributed by atoms with Crippen molar-refractivity contribution < 1.29 is 13.5 Å². The first kappa shape index (κ1) is 14.9. The van der Waals surface area contributed by atoms with Gasteiger partial charge >= 0.3 is 0 Å². The molecule has 0 amide bonds. The van der Waals surface area contributed by atoms with Gasteiger partial charge in [-0.05, 0) is 36.8 Å². The number of aliphatic hydroxyl groups excluding tert-OH is 1. The molecular weight excluding hydrogens is 284 g/mol. The van der Waals surface area contributed by atoms with E-state index >= 15 is 0 Å². The highest BCUT2D eigenvalue weighted by molar-refractivity contribution is 7.86. The largest absolute Gasteiger partial charge is 0.396 e. The Kier molecular flexibility index (Phi) is 4.62. The van der Waals surface area contributed by atoms with Gasteiger partial charge in [-0.2, -0.15) is 17.0 Å². The SMILES string of the molecule is CC1c2ccsc2CCN1S(=O)(=O)N(C)CCCO. The molecule has 0 fully saturated rings. The quantitative estimate of drug-likeness (QED) is 0.890. The van der Waals surface area contributed by atoms with Gasteiger partial charge in [-0.1, -0.05) is 0 Å². The minimum atomic E-state index is -3.44. The average Bonchev–Trinajstić information content (AvgIpc) is 2.85. The molecule has 1 aromatic heterocycles. The Hall–Kier alpha value is -0.470. The smallest absolute Gasteiger partial charge is 0.282 e. The number of hydrogen-bond donors (Lipinski definition) is 1. The van der Waals surface area contributed by atoms with E-state index in [-0.39, 0.29) is 12.6 Å². The zero-order valence-electron chi connectivity index (χ0n) is 11.2. The van der Waals surface area contributed by atoms with Crippen molar-refractivity contribution in [2.75, 3.05) is 26.7 Å². The minimum Gasteiger partial charge on any atom is -0.396 e. The highest BCUT2D eigenvalue weighted by atomic mass is 32.2. The lowest BCUT2D eigenvalue weighted by molar-refractivity contribution is 0.263. The van der Waals surface area contributed by atoms with Crippen LogP contribution in [0.15, 0.2) is 11.4 Å². The van der Waals surface area contributed by atoms with Gasteiger partial charge in [0.15, 0.2) is 0 Å². The fraction of sp³-hybridized carbons (Fsp3) is 0.667. The molecule has 5 nitrogen and oxygen atoms in total. The van der Waals surface area contributed by atoms with E-state index in [4.69, 9.17) is 5.11 Å². The molecule has 108 valence electrons. The summed E-state index contributed by atoms with van der Waals surface area (Å²) in [6.07, 6.45) is 1.24. The van der Waals surface area contributed by atoms with E-state index in [0.717, 1.165) is 12.0 Å². The summed E-state index contributed by atoms with van der Waals surface area (Å²) >= 11 is 1.70. The number of fused-ring (bicyclic) bond motifs is 1. The second kappa shape index (κ2) is 5.88. The summed E-state index contributed by atoms with van der Waals surface area (Å²) in [7, 11) is -1.87. The van der Waals surface area contributed by atoms with Crippen LogP contribution >= 0.6 is 11.3 Å². The summed E-state index contributed by atoms with van der Waals surface area (Å²) in [5.74, 6) is 0. The second-order valence-corrected chi connectivity index (χ2v) is 7.73. The van der Waals surface area contributed by atoms with Crippen LogP contribution in [-0.2, 0) is 16.6 Å². The Balaban J connectivity index is 2.18. The molecule has 0 spiro atoms. The van der Waals surface area contributed by atoms with Crippen molar-refractivity contribution in [2.45, 2.75) is 25.8 Å². The van der Waals surface area contributed by atoms with Crippen molar-refractivity contribution in [1.29, 1.82) is 0 Å². The van der Waals surface area contributed by atoms with E-state index in [1.165, 1.54) is 9.18 Å². The molecule has 1 unspecified atom stereocenters. The van der Waals surface area contributed by atoms with E-state index in [0.29, 0.717) is 19.5 Å². The zero-order chi connectivity index (χ0) is 14.0. The maximum atomic E-state index is 12.5. The average molecular weight is 304 g/mol. The Morgan fingerprint density at radius 3 is 3.00 bits per heavy atom. The molecule has 0 aromatic carbocycles. The van der Waals surface area contributed by atoms with E-state index in [1.54, 1.807) is 22.7 Å². The van der Waals surface area contributed by atoms with Gasteiger partial charge in [-0.15, -0.1) is 11.3 Å². The van der Waals surface area contributed by atoms with Crippen molar-refractivity contribution in [1.82, 2.24) is 8.61 Å². The maximum absolute atomic E-state index is 12.5. The lowest BCUT2D eigenvalue weighted by Crippen LogP contribution is -2.46. The Labute approximate surface area is 118 Å². The number of nitrogens with zero attached hydrogens (tertiary/aromatic N) is 2. The first-order chi connectivity index (χ1) is 8.98. The highest BCUT2D eigenvalue weighted by Crippen LogP contribution is 2.34. The predicted molar refractivity (Wildman–Crippen MR) is 76.4 cm³/mol. The van der Waals surface area contributed by atoms with Gasteiger partial charge in [-0.25, -0.2) is 0 Å². The van der Waals surface area contributed by atoms with Gasteiger partial charge in [-0.3, -0.25) is 0 Å². The molecule has 1 atom stereocenters. The zero-order valence-corrected chi connectivity index (χ0v) is 12.9. The van der Waals surface area contributed by atoms with Crippen LogP contribution in [0.25, 0.3) is 0 Å². The molecule has 1 N–H and O–H groups in total. The fourth-order valence-corrected chi connectivity index (χ4v) is 4.91. The number of rotatable bonds is 5. The first-order valence-corrected chi connectivity index (χ1v) is 8.66. The lowest BCUT2D eigenvalue weighted by Gasteiger charge is -2.35. The summed E-state index contributed by atoms with van der Waals surface area (Å²) in [6, 6.07) is 1.90. The molecule has 2 heterocycles. The molecule has 0 saturated heterocycles. The third kappa shape index (κ3) is 2.85. The van der Waals surface area contributed by atoms with Crippen molar-refractivity contribution in [3.63, 3.8) is 0 Å².